The Morgan fingerprint density at radius 3 is 2.83 bits per heavy atom. The van der Waals surface area contributed by atoms with E-state index in [0.717, 1.165) is 22.6 Å². The van der Waals surface area contributed by atoms with Gasteiger partial charge in [-0.1, -0.05) is 6.07 Å². The molecule has 0 bridgehead atoms. The van der Waals surface area contributed by atoms with Crippen molar-refractivity contribution in [1.82, 2.24) is 14.8 Å². The van der Waals surface area contributed by atoms with E-state index in [0.29, 0.717) is 6.42 Å². The number of aromatic nitrogens is 3. The first-order valence-corrected chi connectivity index (χ1v) is 5.75. The molecule has 0 aliphatic rings. The highest BCUT2D eigenvalue weighted by molar-refractivity contribution is 5.69. The predicted octanol–water partition coefficient (Wildman–Crippen LogP) is 1.81. The quantitative estimate of drug-likeness (QED) is 0.892. The third kappa shape index (κ3) is 2.40. The molecule has 0 aliphatic carbocycles. The van der Waals surface area contributed by atoms with Crippen molar-refractivity contribution in [2.75, 3.05) is 0 Å². The van der Waals surface area contributed by atoms with E-state index in [1.54, 1.807) is 10.9 Å². The first-order chi connectivity index (χ1) is 8.59. The zero-order chi connectivity index (χ0) is 13.1. The number of carbonyl (C=O) groups is 1. The first-order valence-electron chi connectivity index (χ1n) is 5.75. The van der Waals surface area contributed by atoms with Crippen LogP contribution in [0.5, 0.6) is 0 Å². The van der Waals surface area contributed by atoms with Crippen LogP contribution in [-0.2, 0) is 18.3 Å². The van der Waals surface area contributed by atoms with Gasteiger partial charge in [-0.05, 0) is 19.1 Å². The second-order valence-electron chi connectivity index (χ2n) is 4.14. The summed E-state index contributed by atoms with van der Waals surface area (Å²) in [5.74, 6) is -0.805. The largest absolute Gasteiger partial charge is 0.481 e. The van der Waals surface area contributed by atoms with Gasteiger partial charge in [-0.2, -0.15) is 5.10 Å². The van der Waals surface area contributed by atoms with Gasteiger partial charge in [-0.25, -0.2) is 0 Å². The van der Waals surface area contributed by atoms with Crippen molar-refractivity contribution in [2.45, 2.75) is 19.8 Å². The summed E-state index contributed by atoms with van der Waals surface area (Å²) in [4.78, 5) is 15.0. The fourth-order valence-corrected chi connectivity index (χ4v) is 2.06. The molecule has 0 fully saturated rings. The van der Waals surface area contributed by atoms with Gasteiger partial charge in [-0.3, -0.25) is 14.5 Å². The minimum atomic E-state index is -0.805. The summed E-state index contributed by atoms with van der Waals surface area (Å²) in [5, 5.41) is 13.1. The van der Waals surface area contributed by atoms with E-state index in [2.05, 4.69) is 10.1 Å². The van der Waals surface area contributed by atoms with Crippen LogP contribution in [0.2, 0.25) is 0 Å². The molecule has 0 aliphatic heterocycles. The third-order valence-electron chi connectivity index (χ3n) is 2.84. The number of rotatable bonds is 4. The molecule has 0 amide bonds. The average Bonchev–Trinajstić information content (AvgIpc) is 2.62. The summed E-state index contributed by atoms with van der Waals surface area (Å²) < 4.78 is 1.74. The van der Waals surface area contributed by atoms with Gasteiger partial charge in [0.1, 0.15) is 0 Å². The lowest BCUT2D eigenvalue weighted by Gasteiger charge is -2.04. The molecule has 2 aromatic rings. The number of nitrogens with zero attached hydrogens (tertiary/aromatic N) is 3. The van der Waals surface area contributed by atoms with Crippen molar-refractivity contribution in [3.8, 4) is 11.3 Å². The maximum atomic E-state index is 10.7. The Kier molecular flexibility index (Phi) is 3.41. The molecule has 2 rings (SSSR count). The van der Waals surface area contributed by atoms with Crippen LogP contribution in [-0.4, -0.2) is 25.8 Å². The molecule has 0 spiro atoms. The zero-order valence-electron chi connectivity index (χ0n) is 10.4. The highest BCUT2D eigenvalue weighted by atomic mass is 16.4. The standard InChI is InChI=1S/C13H15N3O2/c1-9-13(10-5-3-4-8-14-10)11(16(2)15-9)6-7-12(17)18/h3-5,8H,6-7H2,1-2H3,(H,17,18). The number of hydrogen-bond acceptors (Lipinski definition) is 3. The highest BCUT2D eigenvalue weighted by Gasteiger charge is 2.16. The van der Waals surface area contributed by atoms with Gasteiger partial charge >= 0.3 is 5.97 Å². The van der Waals surface area contributed by atoms with Crippen LogP contribution >= 0.6 is 0 Å². The summed E-state index contributed by atoms with van der Waals surface area (Å²) in [7, 11) is 1.83. The van der Waals surface area contributed by atoms with Crippen LogP contribution in [0.1, 0.15) is 17.8 Å². The highest BCUT2D eigenvalue weighted by Crippen LogP contribution is 2.25. The number of hydrogen-bond donors (Lipinski definition) is 1. The van der Waals surface area contributed by atoms with E-state index in [1.165, 1.54) is 0 Å². The second-order valence-corrected chi connectivity index (χ2v) is 4.14. The fourth-order valence-electron chi connectivity index (χ4n) is 2.06. The summed E-state index contributed by atoms with van der Waals surface area (Å²) >= 11 is 0. The summed E-state index contributed by atoms with van der Waals surface area (Å²) in [6, 6.07) is 5.68. The molecule has 5 nitrogen and oxygen atoms in total. The van der Waals surface area contributed by atoms with E-state index in [4.69, 9.17) is 5.11 Å². The minimum absolute atomic E-state index is 0.0960. The normalized spacial score (nSPS) is 10.6. The van der Waals surface area contributed by atoms with Gasteiger partial charge in [0.05, 0.1) is 17.8 Å². The maximum Gasteiger partial charge on any atom is 0.303 e. The molecule has 0 saturated heterocycles. The predicted molar refractivity (Wildman–Crippen MR) is 67.1 cm³/mol. The molecule has 0 aromatic carbocycles. The number of pyridine rings is 1. The Balaban J connectivity index is 2.43. The SMILES string of the molecule is Cc1nn(C)c(CCC(=O)O)c1-c1ccccn1. The Hall–Kier alpha value is -2.17. The van der Waals surface area contributed by atoms with E-state index >= 15 is 0 Å². The molecule has 0 atom stereocenters. The van der Waals surface area contributed by atoms with Gasteiger partial charge in [0, 0.05) is 30.9 Å². The topological polar surface area (TPSA) is 68.0 Å². The molecule has 0 radical (unpaired) electrons. The average molecular weight is 245 g/mol. The molecule has 0 saturated carbocycles. The Morgan fingerprint density at radius 2 is 2.22 bits per heavy atom. The van der Waals surface area contributed by atoms with Crippen LogP contribution in [0.25, 0.3) is 11.3 Å². The van der Waals surface area contributed by atoms with Crippen molar-refractivity contribution >= 4 is 5.97 Å². The minimum Gasteiger partial charge on any atom is -0.481 e. The van der Waals surface area contributed by atoms with Gasteiger partial charge in [0.15, 0.2) is 0 Å². The van der Waals surface area contributed by atoms with Crippen LogP contribution in [0.15, 0.2) is 24.4 Å². The van der Waals surface area contributed by atoms with E-state index in [1.807, 2.05) is 32.2 Å². The van der Waals surface area contributed by atoms with Crippen molar-refractivity contribution < 1.29 is 9.90 Å². The smallest absolute Gasteiger partial charge is 0.303 e. The van der Waals surface area contributed by atoms with Gasteiger partial charge < -0.3 is 5.11 Å². The van der Waals surface area contributed by atoms with E-state index in [9.17, 15) is 4.79 Å². The molecule has 0 unspecified atom stereocenters. The molecule has 1 N–H and O–H groups in total. The monoisotopic (exact) mass is 245 g/mol. The Labute approximate surface area is 105 Å². The van der Waals surface area contributed by atoms with Crippen LogP contribution in [0, 0.1) is 6.92 Å². The Bertz CT molecular complexity index is 561. The van der Waals surface area contributed by atoms with Crippen LogP contribution < -0.4 is 0 Å². The van der Waals surface area contributed by atoms with Crippen LogP contribution in [0.4, 0.5) is 0 Å². The third-order valence-corrected chi connectivity index (χ3v) is 2.84. The van der Waals surface area contributed by atoms with Gasteiger partial charge in [-0.15, -0.1) is 0 Å². The number of carboxylic acid groups (broad SMARTS) is 1. The van der Waals surface area contributed by atoms with Crippen molar-refractivity contribution in [2.24, 2.45) is 7.05 Å². The lowest BCUT2D eigenvalue weighted by atomic mass is 10.1. The molecular formula is C13H15N3O2. The fraction of sp³-hybridized carbons (Fsp3) is 0.308. The van der Waals surface area contributed by atoms with Crippen molar-refractivity contribution in [3.05, 3.63) is 35.8 Å². The Morgan fingerprint density at radius 1 is 1.44 bits per heavy atom. The summed E-state index contributed by atoms with van der Waals surface area (Å²) in [6.07, 6.45) is 2.28. The van der Waals surface area contributed by atoms with E-state index in [-0.39, 0.29) is 6.42 Å². The summed E-state index contributed by atoms with van der Waals surface area (Å²) in [5.41, 5.74) is 3.56. The second kappa shape index (κ2) is 5.00. The van der Waals surface area contributed by atoms with Gasteiger partial charge in [0.25, 0.3) is 0 Å². The van der Waals surface area contributed by atoms with Crippen LogP contribution in [0.3, 0.4) is 0 Å². The molecule has 2 heterocycles. The van der Waals surface area contributed by atoms with Crippen molar-refractivity contribution in [1.29, 1.82) is 0 Å². The lowest BCUT2D eigenvalue weighted by molar-refractivity contribution is -0.136. The molecule has 2 aromatic heterocycles. The maximum absolute atomic E-state index is 10.7. The lowest BCUT2D eigenvalue weighted by Crippen LogP contribution is -2.04. The number of carboxylic acids is 1. The molecule has 18 heavy (non-hydrogen) atoms. The number of aryl methyl sites for hydroxylation is 2. The molecule has 5 heteroatoms. The van der Waals surface area contributed by atoms with E-state index < -0.39 is 5.97 Å². The summed E-state index contributed by atoms with van der Waals surface area (Å²) in [6.45, 7) is 1.91. The first kappa shape index (κ1) is 12.3. The van der Waals surface area contributed by atoms with Gasteiger partial charge in [0.2, 0.25) is 0 Å². The van der Waals surface area contributed by atoms with Crippen molar-refractivity contribution in [3.63, 3.8) is 0 Å². The molecular weight excluding hydrogens is 230 g/mol. The zero-order valence-corrected chi connectivity index (χ0v) is 10.4. The number of aliphatic carboxylic acids is 1. The molecule has 94 valence electrons.